The van der Waals surface area contributed by atoms with Gasteiger partial charge < -0.3 is 5.73 Å². The van der Waals surface area contributed by atoms with Gasteiger partial charge in [0.05, 0.1) is 15.5 Å². The monoisotopic (exact) mass is 432 g/mol. The molecule has 0 heterocycles. The molecule has 27 heavy (non-hydrogen) atoms. The zero-order chi connectivity index (χ0) is 19.2. The summed E-state index contributed by atoms with van der Waals surface area (Å²) in [6.45, 7) is 2.26. The van der Waals surface area contributed by atoms with Crippen LogP contribution in [0.15, 0.2) is 64.4 Å². The SMILES string of the molecule is CCS(=O)(=O)c1ccc(S(=O)(=O)N(CCN)CCc2ccccc2)cc1.Cl. The van der Waals surface area contributed by atoms with Gasteiger partial charge in [0, 0.05) is 19.6 Å². The van der Waals surface area contributed by atoms with E-state index in [9.17, 15) is 16.8 Å². The predicted octanol–water partition coefficient (Wildman–Crippen LogP) is 2.09. The molecule has 0 aromatic heterocycles. The molecule has 2 N–H and O–H groups in total. The molecule has 0 aliphatic rings. The smallest absolute Gasteiger partial charge is 0.243 e. The first-order chi connectivity index (χ1) is 12.3. The lowest BCUT2D eigenvalue weighted by molar-refractivity contribution is 0.421. The highest BCUT2D eigenvalue weighted by Crippen LogP contribution is 2.19. The maximum atomic E-state index is 12.9. The lowest BCUT2D eigenvalue weighted by Gasteiger charge is -2.21. The van der Waals surface area contributed by atoms with E-state index in [0.29, 0.717) is 13.0 Å². The number of halogens is 1. The Morgan fingerprint density at radius 3 is 1.93 bits per heavy atom. The Balaban J connectivity index is 0.00000364. The van der Waals surface area contributed by atoms with E-state index in [4.69, 9.17) is 5.73 Å². The Labute approximate surface area is 167 Å². The Morgan fingerprint density at radius 1 is 0.852 bits per heavy atom. The number of hydrogen-bond donors (Lipinski definition) is 1. The van der Waals surface area contributed by atoms with Crippen LogP contribution in [0.4, 0.5) is 0 Å². The maximum absolute atomic E-state index is 12.9. The quantitative estimate of drug-likeness (QED) is 0.654. The van der Waals surface area contributed by atoms with Crippen LogP contribution >= 0.6 is 12.4 Å². The summed E-state index contributed by atoms with van der Waals surface area (Å²) in [4.78, 5) is 0.183. The molecule has 150 valence electrons. The van der Waals surface area contributed by atoms with Crippen molar-refractivity contribution >= 4 is 32.3 Å². The van der Waals surface area contributed by atoms with Crippen LogP contribution in [0.5, 0.6) is 0 Å². The minimum atomic E-state index is -3.74. The summed E-state index contributed by atoms with van der Waals surface area (Å²) in [5.41, 5.74) is 6.62. The molecule has 0 atom stereocenters. The highest BCUT2D eigenvalue weighted by atomic mass is 35.5. The van der Waals surface area contributed by atoms with E-state index >= 15 is 0 Å². The number of nitrogens with two attached hydrogens (primary N) is 1. The van der Waals surface area contributed by atoms with Gasteiger partial charge in [0.1, 0.15) is 0 Å². The molecule has 0 radical (unpaired) electrons. The molecule has 2 rings (SSSR count). The molecule has 0 fully saturated rings. The lowest BCUT2D eigenvalue weighted by atomic mass is 10.1. The number of rotatable bonds is 9. The first-order valence-corrected chi connectivity index (χ1v) is 11.5. The van der Waals surface area contributed by atoms with Crippen LogP contribution < -0.4 is 5.73 Å². The topological polar surface area (TPSA) is 97.5 Å². The van der Waals surface area contributed by atoms with Crippen molar-refractivity contribution in [1.82, 2.24) is 4.31 Å². The van der Waals surface area contributed by atoms with E-state index in [2.05, 4.69) is 0 Å². The van der Waals surface area contributed by atoms with Gasteiger partial charge in [0.25, 0.3) is 0 Å². The summed E-state index contributed by atoms with van der Waals surface area (Å²) in [5, 5.41) is 0. The van der Waals surface area contributed by atoms with Crippen LogP contribution in [0.2, 0.25) is 0 Å². The minimum Gasteiger partial charge on any atom is -0.329 e. The second-order valence-corrected chi connectivity index (χ2v) is 10.0. The first kappa shape index (κ1) is 23.6. The predicted molar refractivity (Wildman–Crippen MR) is 109 cm³/mol. The van der Waals surface area contributed by atoms with Gasteiger partial charge in [0.15, 0.2) is 9.84 Å². The van der Waals surface area contributed by atoms with Crippen molar-refractivity contribution in [2.24, 2.45) is 5.73 Å². The fraction of sp³-hybridized carbons (Fsp3) is 0.333. The van der Waals surface area contributed by atoms with Gasteiger partial charge in [-0.1, -0.05) is 37.3 Å². The number of hydrogen-bond acceptors (Lipinski definition) is 5. The van der Waals surface area contributed by atoms with E-state index in [-0.39, 0.29) is 41.0 Å². The number of sulfonamides is 1. The van der Waals surface area contributed by atoms with Crippen LogP contribution in [-0.2, 0) is 26.3 Å². The number of nitrogens with zero attached hydrogens (tertiary/aromatic N) is 1. The average Bonchev–Trinajstić information content (AvgIpc) is 2.66. The van der Waals surface area contributed by atoms with Gasteiger partial charge in [-0.3, -0.25) is 0 Å². The summed E-state index contributed by atoms with van der Waals surface area (Å²) in [7, 11) is -7.11. The van der Waals surface area contributed by atoms with Gasteiger partial charge in [-0.2, -0.15) is 4.31 Å². The van der Waals surface area contributed by atoms with Crippen molar-refractivity contribution in [3.63, 3.8) is 0 Å². The van der Waals surface area contributed by atoms with Crippen molar-refractivity contribution < 1.29 is 16.8 Å². The van der Waals surface area contributed by atoms with E-state index < -0.39 is 19.9 Å². The Bertz CT molecular complexity index is 916. The van der Waals surface area contributed by atoms with Crippen molar-refractivity contribution in [2.45, 2.75) is 23.1 Å². The third-order valence-corrected chi connectivity index (χ3v) is 7.74. The molecule has 0 saturated heterocycles. The molecule has 2 aromatic carbocycles. The zero-order valence-electron chi connectivity index (χ0n) is 15.1. The van der Waals surface area contributed by atoms with E-state index in [1.807, 2.05) is 30.3 Å². The third kappa shape index (κ3) is 6.02. The molecule has 0 bridgehead atoms. The molecule has 0 saturated carbocycles. The van der Waals surface area contributed by atoms with Crippen LogP contribution in [0.1, 0.15) is 12.5 Å². The lowest BCUT2D eigenvalue weighted by Crippen LogP contribution is -2.36. The standard InChI is InChI=1S/C18H24N2O4S2.ClH/c1-2-25(21,22)17-8-10-18(11-9-17)26(23,24)20(15-13-19)14-12-16-6-4-3-5-7-16;/h3-11H,2,12-15,19H2,1H3;1H. The van der Waals surface area contributed by atoms with Gasteiger partial charge in [-0.25, -0.2) is 16.8 Å². The molecule has 0 aliphatic heterocycles. The summed E-state index contributed by atoms with van der Waals surface area (Å²) in [5.74, 6) is -0.0323. The van der Waals surface area contributed by atoms with Crippen molar-refractivity contribution in [1.29, 1.82) is 0 Å². The molecule has 6 nitrogen and oxygen atoms in total. The van der Waals surface area contributed by atoms with Crippen molar-refractivity contribution in [2.75, 3.05) is 25.4 Å². The third-order valence-electron chi connectivity index (χ3n) is 4.07. The van der Waals surface area contributed by atoms with Crippen LogP contribution in [0.25, 0.3) is 0 Å². The molecule has 0 unspecified atom stereocenters. The largest absolute Gasteiger partial charge is 0.329 e. The molecule has 2 aromatic rings. The Morgan fingerprint density at radius 2 is 1.41 bits per heavy atom. The normalized spacial score (nSPS) is 12.0. The van der Waals surface area contributed by atoms with Gasteiger partial charge in [-0.15, -0.1) is 12.4 Å². The van der Waals surface area contributed by atoms with Gasteiger partial charge in [0.2, 0.25) is 10.0 Å². The van der Waals surface area contributed by atoms with Crippen molar-refractivity contribution in [3.05, 3.63) is 60.2 Å². The van der Waals surface area contributed by atoms with E-state index in [1.54, 1.807) is 6.92 Å². The summed E-state index contributed by atoms with van der Waals surface area (Å²) in [6, 6.07) is 15.0. The average molecular weight is 433 g/mol. The van der Waals surface area contributed by atoms with Crippen molar-refractivity contribution in [3.8, 4) is 0 Å². The van der Waals surface area contributed by atoms with E-state index in [0.717, 1.165) is 5.56 Å². The first-order valence-electron chi connectivity index (χ1n) is 8.38. The fourth-order valence-electron chi connectivity index (χ4n) is 2.53. The molecular weight excluding hydrogens is 408 g/mol. The Hall–Kier alpha value is -1.45. The van der Waals surface area contributed by atoms with E-state index in [1.165, 1.54) is 28.6 Å². The maximum Gasteiger partial charge on any atom is 0.243 e. The fourth-order valence-corrected chi connectivity index (χ4v) is 4.87. The molecule has 0 spiro atoms. The van der Waals surface area contributed by atoms with Crippen LogP contribution in [-0.4, -0.2) is 46.5 Å². The second kappa shape index (κ2) is 10.2. The Kier molecular flexibility index (Phi) is 8.90. The summed E-state index contributed by atoms with van der Waals surface area (Å²) >= 11 is 0. The molecule has 0 amide bonds. The summed E-state index contributed by atoms with van der Waals surface area (Å²) in [6.07, 6.45) is 0.572. The minimum absolute atomic E-state index is 0. The molecule has 0 aliphatic carbocycles. The highest BCUT2D eigenvalue weighted by Gasteiger charge is 2.24. The second-order valence-electron chi connectivity index (χ2n) is 5.80. The number of sulfone groups is 1. The van der Waals surface area contributed by atoms with Gasteiger partial charge >= 0.3 is 0 Å². The van der Waals surface area contributed by atoms with Gasteiger partial charge in [-0.05, 0) is 36.2 Å². The number of benzene rings is 2. The summed E-state index contributed by atoms with van der Waals surface area (Å²) < 4.78 is 50.9. The molecular formula is C18H25ClN2O4S2. The van der Waals surface area contributed by atoms with Crippen LogP contribution in [0.3, 0.4) is 0 Å². The van der Waals surface area contributed by atoms with Crippen LogP contribution in [0, 0.1) is 0 Å². The molecule has 9 heteroatoms. The highest BCUT2D eigenvalue weighted by molar-refractivity contribution is 7.91. The zero-order valence-corrected chi connectivity index (χ0v) is 17.6.